The van der Waals surface area contributed by atoms with E-state index in [1.165, 1.54) is 0 Å². The van der Waals surface area contributed by atoms with Gasteiger partial charge < -0.3 is 10.6 Å². The van der Waals surface area contributed by atoms with Crippen molar-refractivity contribution in [2.45, 2.75) is 44.4 Å². The summed E-state index contributed by atoms with van der Waals surface area (Å²) in [6.07, 6.45) is 2.95. The van der Waals surface area contributed by atoms with Crippen molar-refractivity contribution in [3.05, 3.63) is 0 Å². The number of nitrogens with zero attached hydrogens (tertiary/aromatic N) is 1. The SMILES string of the molecule is CCCN1CCC(NS(=O)(=O)C(C)CN)CC1. The molecule has 0 aliphatic carbocycles. The van der Waals surface area contributed by atoms with Crippen LogP contribution in [-0.2, 0) is 10.0 Å². The molecule has 102 valence electrons. The van der Waals surface area contributed by atoms with Gasteiger partial charge in [0.1, 0.15) is 0 Å². The first-order valence-electron chi connectivity index (χ1n) is 6.43. The highest BCUT2D eigenvalue weighted by Gasteiger charge is 2.26. The zero-order chi connectivity index (χ0) is 12.9. The Morgan fingerprint density at radius 3 is 2.47 bits per heavy atom. The summed E-state index contributed by atoms with van der Waals surface area (Å²) in [6.45, 7) is 7.06. The van der Waals surface area contributed by atoms with Crippen LogP contribution in [0.15, 0.2) is 0 Å². The molecular weight excluding hydrogens is 238 g/mol. The van der Waals surface area contributed by atoms with E-state index in [0.29, 0.717) is 0 Å². The van der Waals surface area contributed by atoms with Crippen LogP contribution in [0.25, 0.3) is 0 Å². The number of hydrogen-bond acceptors (Lipinski definition) is 4. The highest BCUT2D eigenvalue weighted by atomic mass is 32.2. The minimum absolute atomic E-state index is 0.0853. The van der Waals surface area contributed by atoms with Gasteiger partial charge in [-0.1, -0.05) is 6.92 Å². The first-order chi connectivity index (χ1) is 7.99. The second-order valence-electron chi connectivity index (χ2n) is 4.83. The van der Waals surface area contributed by atoms with E-state index in [0.717, 1.165) is 38.9 Å². The molecule has 0 aromatic carbocycles. The number of nitrogens with one attached hydrogen (secondary N) is 1. The van der Waals surface area contributed by atoms with Crippen molar-refractivity contribution in [2.24, 2.45) is 5.73 Å². The molecule has 3 N–H and O–H groups in total. The average molecular weight is 263 g/mol. The van der Waals surface area contributed by atoms with Gasteiger partial charge in [-0.15, -0.1) is 0 Å². The van der Waals surface area contributed by atoms with Gasteiger partial charge >= 0.3 is 0 Å². The average Bonchev–Trinajstić information content (AvgIpc) is 2.30. The molecule has 5 nitrogen and oxygen atoms in total. The quantitative estimate of drug-likeness (QED) is 0.714. The van der Waals surface area contributed by atoms with E-state index in [9.17, 15) is 8.42 Å². The van der Waals surface area contributed by atoms with E-state index in [-0.39, 0.29) is 12.6 Å². The number of nitrogens with two attached hydrogens (primary N) is 1. The molecule has 1 unspecified atom stereocenters. The summed E-state index contributed by atoms with van der Waals surface area (Å²) in [6, 6.07) is 0.0853. The molecule has 17 heavy (non-hydrogen) atoms. The van der Waals surface area contributed by atoms with Crippen LogP contribution >= 0.6 is 0 Å². The van der Waals surface area contributed by atoms with E-state index < -0.39 is 15.3 Å². The highest BCUT2D eigenvalue weighted by molar-refractivity contribution is 7.90. The molecule has 1 aliphatic heterocycles. The van der Waals surface area contributed by atoms with Crippen LogP contribution in [0.2, 0.25) is 0 Å². The smallest absolute Gasteiger partial charge is 0.215 e. The molecule has 6 heteroatoms. The van der Waals surface area contributed by atoms with Gasteiger partial charge in [0.15, 0.2) is 0 Å². The lowest BCUT2D eigenvalue weighted by atomic mass is 10.1. The van der Waals surface area contributed by atoms with Gasteiger partial charge in [-0.25, -0.2) is 13.1 Å². The van der Waals surface area contributed by atoms with E-state index in [4.69, 9.17) is 5.73 Å². The minimum Gasteiger partial charge on any atom is -0.329 e. The van der Waals surface area contributed by atoms with Gasteiger partial charge in [0.25, 0.3) is 0 Å². The Balaban J connectivity index is 2.40. The first-order valence-corrected chi connectivity index (χ1v) is 7.97. The van der Waals surface area contributed by atoms with Gasteiger partial charge in [0, 0.05) is 12.6 Å². The molecule has 1 atom stereocenters. The topological polar surface area (TPSA) is 75.4 Å². The number of piperidine rings is 1. The molecule has 0 saturated carbocycles. The molecule has 0 spiro atoms. The summed E-state index contributed by atoms with van der Waals surface area (Å²) in [5.41, 5.74) is 5.40. The number of hydrogen-bond donors (Lipinski definition) is 2. The predicted octanol–water partition coefficient (Wildman–Crippen LogP) is 0.127. The minimum atomic E-state index is -3.23. The number of rotatable bonds is 6. The highest BCUT2D eigenvalue weighted by Crippen LogP contribution is 2.12. The fraction of sp³-hybridized carbons (Fsp3) is 1.00. The monoisotopic (exact) mass is 263 g/mol. The zero-order valence-corrected chi connectivity index (χ0v) is 11.7. The van der Waals surface area contributed by atoms with Crippen molar-refractivity contribution in [1.29, 1.82) is 0 Å². The Bertz CT molecular complexity index is 311. The van der Waals surface area contributed by atoms with Crippen LogP contribution in [0.4, 0.5) is 0 Å². The van der Waals surface area contributed by atoms with Gasteiger partial charge in [-0.3, -0.25) is 0 Å². The fourth-order valence-electron chi connectivity index (χ4n) is 2.07. The van der Waals surface area contributed by atoms with Gasteiger partial charge in [-0.2, -0.15) is 0 Å². The van der Waals surface area contributed by atoms with Gasteiger partial charge in [0.2, 0.25) is 10.0 Å². The van der Waals surface area contributed by atoms with Gasteiger partial charge in [-0.05, 0) is 45.8 Å². The Kier molecular flexibility index (Phi) is 5.85. The van der Waals surface area contributed by atoms with Crippen LogP contribution in [0.3, 0.4) is 0 Å². The normalized spacial score (nSPS) is 21.6. The van der Waals surface area contributed by atoms with Crippen molar-refractivity contribution < 1.29 is 8.42 Å². The maximum Gasteiger partial charge on any atom is 0.215 e. The molecular formula is C11H25N3O2S. The van der Waals surface area contributed by atoms with Crippen LogP contribution in [0, 0.1) is 0 Å². The van der Waals surface area contributed by atoms with Crippen LogP contribution < -0.4 is 10.5 Å². The van der Waals surface area contributed by atoms with Crippen LogP contribution in [-0.4, -0.2) is 50.8 Å². The Morgan fingerprint density at radius 2 is 2.00 bits per heavy atom. The third-order valence-electron chi connectivity index (χ3n) is 3.32. The second kappa shape index (κ2) is 6.68. The molecule has 1 saturated heterocycles. The maximum absolute atomic E-state index is 11.8. The molecule has 0 radical (unpaired) electrons. The molecule has 1 heterocycles. The fourth-order valence-corrected chi connectivity index (χ4v) is 3.25. The van der Waals surface area contributed by atoms with Crippen molar-refractivity contribution >= 4 is 10.0 Å². The summed E-state index contributed by atoms with van der Waals surface area (Å²) in [7, 11) is -3.23. The Morgan fingerprint density at radius 1 is 1.41 bits per heavy atom. The van der Waals surface area contributed by atoms with E-state index in [2.05, 4.69) is 16.5 Å². The molecule has 0 amide bonds. The van der Waals surface area contributed by atoms with E-state index in [1.807, 2.05) is 0 Å². The lowest BCUT2D eigenvalue weighted by Crippen LogP contribution is -2.48. The van der Waals surface area contributed by atoms with Crippen molar-refractivity contribution in [1.82, 2.24) is 9.62 Å². The van der Waals surface area contributed by atoms with E-state index >= 15 is 0 Å². The first kappa shape index (κ1) is 14.9. The van der Waals surface area contributed by atoms with Crippen molar-refractivity contribution in [3.8, 4) is 0 Å². The van der Waals surface area contributed by atoms with Crippen molar-refractivity contribution in [3.63, 3.8) is 0 Å². The molecule has 1 rings (SSSR count). The summed E-state index contributed by atoms with van der Waals surface area (Å²) < 4.78 is 26.4. The predicted molar refractivity (Wildman–Crippen MR) is 70.3 cm³/mol. The number of likely N-dealkylation sites (tertiary alicyclic amines) is 1. The summed E-state index contributed by atoms with van der Waals surface area (Å²) in [5.74, 6) is 0. The largest absolute Gasteiger partial charge is 0.329 e. The standard InChI is InChI=1S/C11H25N3O2S/c1-3-6-14-7-4-11(5-8-14)13-17(15,16)10(2)9-12/h10-11,13H,3-9,12H2,1-2H3. The summed E-state index contributed by atoms with van der Waals surface area (Å²) >= 11 is 0. The van der Waals surface area contributed by atoms with Gasteiger partial charge in [0.05, 0.1) is 5.25 Å². The maximum atomic E-state index is 11.8. The molecule has 1 fully saturated rings. The third-order valence-corrected chi connectivity index (χ3v) is 5.23. The van der Waals surface area contributed by atoms with Crippen LogP contribution in [0.5, 0.6) is 0 Å². The number of sulfonamides is 1. The zero-order valence-electron chi connectivity index (χ0n) is 10.9. The Hall–Kier alpha value is -0.170. The molecule has 1 aliphatic rings. The third kappa shape index (κ3) is 4.54. The molecule has 0 aromatic rings. The summed E-state index contributed by atoms with van der Waals surface area (Å²) in [5, 5.41) is -0.504. The molecule has 0 bridgehead atoms. The molecule has 0 aromatic heterocycles. The summed E-state index contributed by atoms with van der Waals surface area (Å²) in [4.78, 5) is 2.39. The van der Waals surface area contributed by atoms with Crippen molar-refractivity contribution in [2.75, 3.05) is 26.2 Å². The lowest BCUT2D eigenvalue weighted by molar-refractivity contribution is 0.207. The Labute approximate surface area is 105 Å². The second-order valence-corrected chi connectivity index (χ2v) is 6.96. The lowest BCUT2D eigenvalue weighted by Gasteiger charge is -2.32. The van der Waals surface area contributed by atoms with E-state index in [1.54, 1.807) is 6.92 Å². The van der Waals surface area contributed by atoms with Crippen LogP contribution in [0.1, 0.15) is 33.1 Å².